The maximum absolute atomic E-state index is 6.02. The molecule has 0 radical (unpaired) electrons. The maximum atomic E-state index is 6.02. The van der Waals surface area contributed by atoms with E-state index in [9.17, 15) is 0 Å². The molecule has 0 aromatic carbocycles. The van der Waals surface area contributed by atoms with Gasteiger partial charge in [-0.15, -0.1) is 0 Å². The summed E-state index contributed by atoms with van der Waals surface area (Å²) in [6.45, 7) is 8.06. The van der Waals surface area contributed by atoms with E-state index in [4.69, 9.17) is 14.0 Å². The average Bonchev–Trinajstić information content (AvgIpc) is 3.05. The molecule has 3 heterocycles. The van der Waals surface area contributed by atoms with Crippen molar-refractivity contribution in [1.82, 2.24) is 14.8 Å². The van der Waals surface area contributed by atoms with Gasteiger partial charge in [-0.1, -0.05) is 0 Å². The number of rotatable bonds is 3. The van der Waals surface area contributed by atoms with Crippen molar-refractivity contribution in [2.24, 2.45) is 0 Å². The fraction of sp³-hybridized carbons (Fsp3) is 0.467. The first-order chi connectivity index (χ1) is 10.3. The van der Waals surface area contributed by atoms with Crippen molar-refractivity contribution in [2.45, 2.75) is 38.9 Å². The second-order valence-corrected chi connectivity index (χ2v) is 6.30. The van der Waals surface area contributed by atoms with Gasteiger partial charge in [-0.2, -0.15) is 5.10 Å². The Morgan fingerprint density at radius 3 is 2.36 bits per heavy atom. The molecule has 7 heteroatoms. The van der Waals surface area contributed by atoms with Gasteiger partial charge in [0.05, 0.1) is 23.9 Å². The highest BCUT2D eigenvalue weighted by molar-refractivity contribution is 6.61. The van der Waals surface area contributed by atoms with Crippen LogP contribution in [0.4, 0.5) is 0 Å². The summed E-state index contributed by atoms with van der Waals surface area (Å²) in [5, 5.41) is 4.20. The third-order valence-electron chi connectivity index (χ3n) is 4.30. The van der Waals surface area contributed by atoms with Crippen LogP contribution in [0.1, 0.15) is 27.7 Å². The number of methoxy groups -OCH3 is 1. The molecule has 1 aliphatic rings. The molecule has 2 aromatic rings. The Morgan fingerprint density at radius 2 is 1.82 bits per heavy atom. The van der Waals surface area contributed by atoms with Gasteiger partial charge in [-0.05, 0) is 45.9 Å². The van der Waals surface area contributed by atoms with E-state index in [-0.39, 0.29) is 0 Å². The van der Waals surface area contributed by atoms with Gasteiger partial charge in [0, 0.05) is 12.4 Å². The largest absolute Gasteiger partial charge is 0.514 e. The molecule has 0 atom stereocenters. The van der Waals surface area contributed by atoms with Gasteiger partial charge >= 0.3 is 7.12 Å². The molecular formula is C15H20BN3O3. The van der Waals surface area contributed by atoms with Crippen molar-refractivity contribution < 1.29 is 14.0 Å². The van der Waals surface area contributed by atoms with Crippen molar-refractivity contribution in [3.8, 4) is 11.6 Å². The average molecular weight is 301 g/mol. The number of nitrogens with zero attached hydrogens (tertiary/aromatic N) is 3. The Bertz CT molecular complexity index is 655. The molecule has 0 amide bonds. The van der Waals surface area contributed by atoms with E-state index in [0.29, 0.717) is 11.5 Å². The van der Waals surface area contributed by atoms with Crippen LogP contribution in [0.2, 0.25) is 0 Å². The second-order valence-electron chi connectivity index (χ2n) is 6.30. The summed E-state index contributed by atoms with van der Waals surface area (Å²) in [5.74, 6) is 0.482. The highest BCUT2D eigenvalue weighted by Crippen LogP contribution is 2.36. The Balaban J connectivity index is 1.94. The Kier molecular flexibility index (Phi) is 3.49. The van der Waals surface area contributed by atoms with E-state index in [0.717, 1.165) is 5.69 Å². The normalized spacial score (nSPS) is 19.4. The van der Waals surface area contributed by atoms with Crippen LogP contribution in [-0.2, 0) is 9.31 Å². The molecule has 2 aromatic heterocycles. The monoisotopic (exact) mass is 301 g/mol. The van der Waals surface area contributed by atoms with Gasteiger partial charge in [0.25, 0.3) is 0 Å². The van der Waals surface area contributed by atoms with E-state index in [2.05, 4.69) is 10.1 Å². The van der Waals surface area contributed by atoms with Gasteiger partial charge in [0.1, 0.15) is 5.69 Å². The van der Waals surface area contributed by atoms with Crippen molar-refractivity contribution in [1.29, 1.82) is 0 Å². The van der Waals surface area contributed by atoms with Crippen LogP contribution in [0.15, 0.2) is 30.6 Å². The topological polar surface area (TPSA) is 58.4 Å². The fourth-order valence-electron chi connectivity index (χ4n) is 2.28. The number of ether oxygens (including phenoxy) is 1. The zero-order chi connectivity index (χ0) is 16.0. The van der Waals surface area contributed by atoms with E-state index < -0.39 is 18.3 Å². The van der Waals surface area contributed by atoms with Gasteiger partial charge < -0.3 is 14.0 Å². The smallest absolute Gasteiger partial charge is 0.479 e. The van der Waals surface area contributed by atoms with Crippen LogP contribution in [0.5, 0.6) is 5.88 Å². The summed E-state index contributed by atoms with van der Waals surface area (Å²) in [4.78, 5) is 4.53. The summed E-state index contributed by atoms with van der Waals surface area (Å²) in [6, 6.07) is 5.63. The molecule has 1 aliphatic heterocycles. The first-order valence-corrected chi connectivity index (χ1v) is 7.25. The molecule has 0 aliphatic carbocycles. The van der Waals surface area contributed by atoms with Crippen molar-refractivity contribution >= 4 is 12.7 Å². The predicted octanol–water partition coefficient (Wildman–Crippen LogP) is 1.58. The van der Waals surface area contributed by atoms with Gasteiger partial charge in [-0.3, -0.25) is 0 Å². The lowest BCUT2D eigenvalue weighted by atomic mass is 9.84. The first-order valence-electron chi connectivity index (χ1n) is 7.25. The van der Waals surface area contributed by atoms with Crippen LogP contribution in [-0.4, -0.2) is 40.2 Å². The molecule has 22 heavy (non-hydrogen) atoms. The van der Waals surface area contributed by atoms with E-state index in [1.54, 1.807) is 18.0 Å². The van der Waals surface area contributed by atoms with Crippen molar-refractivity contribution in [3.05, 3.63) is 30.6 Å². The van der Waals surface area contributed by atoms with Crippen LogP contribution < -0.4 is 10.3 Å². The molecule has 0 saturated carbocycles. The highest BCUT2D eigenvalue weighted by Gasteiger charge is 2.52. The molecule has 1 saturated heterocycles. The third kappa shape index (κ3) is 2.40. The fourth-order valence-corrected chi connectivity index (χ4v) is 2.28. The Morgan fingerprint density at radius 1 is 1.14 bits per heavy atom. The summed E-state index contributed by atoms with van der Waals surface area (Å²) in [5.41, 5.74) is 0.666. The summed E-state index contributed by atoms with van der Waals surface area (Å²) < 4.78 is 19.1. The molecule has 6 nitrogen and oxygen atoms in total. The predicted molar refractivity (Wildman–Crippen MR) is 83.6 cm³/mol. The second kappa shape index (κ2) is 5.10. The molecule has 0 spiro atoms. The molecule has 0 N–H and O–H groups in total. The van der Waals surface area contributed by atoms with Crippen molar-refractivity contribution in [2.75, 3.05) is 7.11 Å². The van der Waals surface area contributed by atoms with Crippen LogP contribution in [0.25, 0.3) is 5.69 Å². The van der Waals surface area contributed by atoms with E-state index in [1.165, 1.54) is 0 Å². The third-order valence-corrected chi connectivity index (χ3v) is 4.30. The number of pyridine rings is 1. The lowest BCUT2D eigenvalue weighted by molar-refractivity contribution is 0.00578. The summed E-state index contributed by atoms with van der Waals surface area (Å²) >= 11 is 0. The van der Waals surface area contributed by atoms with Crippen LogP contribution >= 0.6 is 0 Å². The standard InChI is InChI=1S/C15H20BN3O3/c1-14(2)15(3,4)22-16(21-14)12-8-7-11(13(18-12)20-5)19-10-6-9-17-19/h6-10H,1-5H3. The van der Waals surface area contributed by atoms with E-state index >= 15 is 0 Å². The first kappa shape index (κ1) is 15.1. The summed E-state index contributed by atoms with van der Waals surface area (Å²) in [6.07, 6.45) is 3.55. The zero-order valence-electron chi connectivity index (χ0n) is 13.5. The van der Waals surface area contributed by atoms with E-state index in [1.807, 2.05) is 52.1 Å². The minimum Gasteiger partial charge on any atom is -0.479 e. The lowest BCUT2D eigenvalue weighted by Crippen LogP contribution is -2.41. The van der Waals surface area contributed by atoms with Crippen molar-refractivity contribution in [3.63, 3.8) is 0 Å². The number of hydrogen-bond acceptors (Lipinski definition) is 5. The molecule has 116 valence electrons. The van der Waals surface area contributed by atoms with Gasteiger partial charge in [0.15, 0.2) is 0 Å². The van der Waals surface area contributed by atoms with Crippen LogP contribution in [0, 0.1) is 0 Å². The molecule has 0 unspecified atom stereocenters. The Labute approximate surface area is 130 Å². The highest BCUT2D eigenvalue weighted by atomic mass is 16.7. The minimum atomic E-state index is -0.509. The molecular weight excluding hydrogens is 281 g/mol. The quantitative estimate of drug-likeness (QED) is 0.806. The molecule has 1 fully saturated rings. The van der Waals surface area contributed by atoms with Gasteiger partial charge in [0.2, 0.25) is 5.88 Å². The van der Waals surface area contributed by atoms with Gasteiger partial charge in [-0.25, -0.2) is 9.67 Å². The number of aromatic nitrogens is 3. The molecule has 3 rings (SSSR count). The SMILES string of the molecule is COc1nc(B2OC(C)(C)C(C)(C)O2)ccc1-n1cccn1. The molecule has 0 bridgehead atoms. The maximum Gasteiger partial charge on any atom is 0.514 e. The number of hydrogen-bond donors (Lipinski definition) is 0. The summed E-state index contributed by atoms with van der Waals surface area (Å²) in [7, 11) is 1.08. The van der Waals surface area contributed by atoms with Crippen LogP contribution in [0.3, 0.4) is 0 Å². The minimum absolute atomic E-state index is 0.396. The zero-order valence-corrected chi connectivity index (χ0v) is 13.5. The Hall–Kier alpha value is -1.86. The lowest BCUT2D eigenvalue weighted by Gasteiger charge is -2.32.